The molecule has 0 saturated heterocycles. The van der Waals surface area contributed by atoms with Gasteiger partial charge in [-0.1, -0.05) is 55.8 Å². The van der Waals surface area contributed by atoms with Gasteiger partial charge < -0.3 is 20.3 Å². The number of halogens is 1. The van der Waals surface area contributed by atoms with Gasteiger partial charge in [0.15, 0.2) is 5.82 Å². The van der Waals surface area contributed by atoms with E-state index in [4.69, 9.17) is 16.3 Å². The first kappa shape index (κ1) is 29.2. The van der Waals surface area contributed by atoms with Crippen molar-refractivity contribution in [3.63, 3.8) is 0 Å². The van der Waals surface area contributed by atoms with Crippen molar-refractivity contribution in [2.45, 2.75) is 31.3 Å². The number of sulfonamides is 1. The highest BCUT2D eigenvalue weighted by atomic mass is 35.5. The van der Waals surface area contributed by atoms with Crippen LogP contribution in [-0.4, -0.2) is 63.9 Å². The second kappa shape index (κ2) is 12.1. The number of H-pyrrole nitrogens is 1. The van der Waals surface area contributed by atoms with Crippen molar-refractivity contribution in [1.29, 1.82) is 0 Å². The molecule has 0 aliphatic heterocycles. The van der Waals surface area contributed by atoms with Crippen LogP contribution in [0.1, 0.15) is 19.4 Å². The van der Waals surface area contributed by atoms with Gasteiger partial charge in [0.2, 0.25) is 10.0 Å². The van der Waals surface area contributed by atoms with Crippen LogP contribution in [0.5, 0.6) is 17.2 Å². The fourth-order valence-electron chi connectivity index (χ4n) is 4.05. The molecule has 4 N–H and O–H groups in total. The maximum Gasteiger partial charge on any atom is 0.348 e. The molecule has 0 amide bonds. The zero-order chi connectivity index (χ0) is 29.0. The van der Waals surface area contributed by atoms with Crippen molar-refractivity contribution in [1.82, 2.24) is 24.4 Å². The van der Waals surface area contributed by atoms with Crippen molar-refractivity contribution < 1.29 is 23.4 Å². The Balaban J connectivity index is 1.68. The van der Waals surface area contributed by atoms with E-state index in [9.17, 15) is 23.4 Å². The van der Waals surface area contributed by atoms with E-state index in [0.29, 0.717) is 30.5 Å². The van der Waals surface area contributed by atoms with E-state index in [1.165, 1.54) is 7.05 Å². The topological polar surface area (TPSA) is 150 Å². The van der Waals surface area contributed by atoms with Crippen molar-refractivity contribution in [2.24, 2.45) is 0 Å². The summed E-state index contributed by atoms with van der Waals surface area (Å²) in [4.78, 5) is 12.1. The van der Waals surface area contributed by atoms with Crippen LogP contribution < -0.4 is 15.7 Å². The Hall–Kier alpha value is -3.84. The third kappa shape index (κ3) is 6.15. The van der Waals surface area contributed by atoms with Crippen LogP contribution in [0.25, 0.3) is 17.1 Å². The monoisotopic (exact) mass is 587 g/mol. The summed E-state index contributed by atoms with van der Waals surface area (Å²) in [7, 11) is -2.93. The Morgan fingerprint density at radius 2 is 1.80 bits per heavy atom. The molecular formula is C27H30ClN5O6S. The van der Waals surface area contributed by atoms with Gasteiger partial charge in [0.1, 0.15) is 28.8 Å². The molecule has 11 nitrogen and oxygen atoms in total. The molecule has 0 bridgehead atoms. The summed E-state index contributed by atoms with van der Waals surface area (Å²) in [6.07, 6.45) is 0. The number of phenols is 2. The Morgan fingerprint density at radius 3 is 2.52 bits per heavy atom. The molecule has 3 aromatic carbocycles. The Morgan fingerprint density at radius 1 is 1.10 bits per heavy atom. The van der Waals surface area contributed by atoms with Crippen molar-refractivity contribution in [2.75, 3.05) is 20.2 Å². The minimum atomic E-state index is -4.29. The quantitative estimate of drug-likeness (QED) is 0.195. The first-order chi connectivity index (χ1) is 19.0. The number of benzene rings is 3. The Labute approximate surface area is 236 Å². The number of aromatic amines is 1. The number of rotatable bonds is 11. The highest BCUT2D eigenvalue weighted by molar-refractivity contribution is 7.89. The average molecular weight is 588 g/mol. The van der Waals surface area contributed by atoms with E-state index < -0.39 is 32.1 Å². The molecule has 13 heteroatoms. The summed E-state index contributed by atoms with van der Waals surface area (Å²) in [5, 5.41) is 31.0. The molecule has 1 aromatic heterocycles. The predicted molar refractivity (Wildman–Crippen MR) is 152 cm³/mol. The zero-order valence-electron chi connectivity index (χ0n) is 22.1. The fourth-order valence-corrected chi connectivity index (χ4v) is 5.51. The SMILES string of the molecule is CC(C)NCCOc1ccccc1CN(C)S(=O)(=O)c1cc(-c2n[nH]c(=O)n2-c2ccccc2Cl)c(O)cc1O. The predicted octanol–water partition coefficient (Wildman–Crippen LogP) is 3.49. The third-order valence-electron chi connectivity index (χ3n) is 6.05. The summed E-state index contributed by atoms with van der Waals surface area (Å²) < 4.78 is 35.3. The molecular weight excluding hydrogens is 558 g/mol. The standard InChI is InChI=1S/C27H30ClN5O6S/c1-17(2)29-12-13-39-24-11-7-4-8-18(24)16-32(3)40(37,38)25-14-19(22(34)15-23(25)35)26-30-31-27(36)33(26)21-10-6-5-9-20(21)28/h4-11,14-15,17,29,34-35H,12-13,16H2,1-3H3,(H,31,36). The van der Waals surface area contributed by atoms with E-state index in [-0.39, 0.29) is 28.6 Å². The minimum Gasteiger partial charge on any atom is -0.507 e. The molecule has 0 unspecified atom stereocenters. The number of nitrogens with one attached hydrogen (secondary N) is 2. The van der Waals surface area contributed by atoms with Gasteiger partial charge in [0.25, 0.3) is 0 Å². The van der Waals surface area contributed by atoms with Crippen molar-refractivity contribution >= 4 is 21.6 Å². The number of hydrogen-bond acceptors (Lipinski definition) is 8. The van der Waals surface area contributed by atoms with Gasteiger partial charge >= 0.3 is 5.69 Å². The molecule has 1 heterocycles. The van der Waals surface area contributed by atoms with Gasteiger partial charge in [-0.05, 0) is 24.3 Å². The van der Waals surface area contributed by atoms with Crippen LogP contribution in [0, 0.1) is 0 Å². The molecule has 212 valence electrons. The number of nitrogens with zero attached hydrogens (tertiary/aromatic N) is 3. The van der Waals surface area contributed by atoms with Gasteiger partial charge in [-0.3, -0.25) is 0 Å². The van der Waals surface area contributed by atoms with Gasteiger partial charge in [-0.2, -0.15) is 9.40 Å². The smallest absolute Gasteiger partial charge is 0.348 e. The third-order valence-corrected chi connectivity index (χ3v) is 8.20. The lowest BCUT2D eigenvalue weighted by atomic mass is 10.1. The number of aromatic hydroxyl groups is 2. The molecule has 0 atom stereocenters. The van der Waals surface area contributed by atoms with Gasteiger partial charge in [-0.25, -0.2) is 22.9 Å². The largest absolute Gasteiger partial charge is 0.507 e. The number of hydrogen-bond donors (Lipinski definition) is 4. The zero-order valence-corrected chi connectivity index (χ0v) is 23.7. The molecule has 0 aliphatic carbocycles. The summed E-state index contributed by atoms with van der Waals surface area (Å²) in [6, 6.07) is 15.8. The number of para-hydroxylation sites is 2. The maximum atomic E-state index is 13.6. The number of aromatic nitrogens is 3. The van der Waals surface area contributed by atoms with Crippen LogP contribution in [0.3, 0.4) is 0 Å². The fraction of sp³-hybridized carbons (Fsp3) is 0.259. The van der Waals surface area contributed by atoms with Gasteiger partial charge in [0.05, 0.1) is 16.3 Å². The van der Waals surface area contributed by atoms with E-state index in [1.807, 2.05) is 13.8 Å². The lowest BCUT2D eigenvalue weighted by Gasteiger charge is -2.21. The maximum absolute atomic E-state index is 13.6. The van der Waals surface area contributed by atoms with Crippen molar-refractivity contribution in [3.05, 3.63) is 81.7 Å². The summed E-state index contributed by atoms with van der Waals surface area (Å²) in [5.41, 5.74) is 0.130. The molecule has 0 saturated carbocycles. The molecule has 0 fully saturated rings. The summed E-state index contributed by atoms with van der Waals surface area (Å²) in [6.45, 7) is 5.01. The van der Waals surface area contributed by atoms with Gasteiger partial charge in [-0.15, -0.1) is 0 Å². The lowest BCUT2D eigenvalue weighted by Crippen LogP contribution is -2.28. The first-order valence-corrected chi connectivity index (χ1v) is 14.2. The lowest BCUT2D eigenvalue weighted by molar-refractivity contribution is 0.303. The van der Waals surface area contributed by atoms with Gasteiger partial charge in [0, 0.05) is 37.8 Å². The van der Waals surface area contributed by atoms with E-state index in [2.05, 4.69) is 15.5 Å². The second-order valence-electron chi connectivity index (χ2n) is 9.30. The number of ether oxygens (including phenoxy) is 1. The molecule has 0 aliphatic rings. The minimum absolute atomic E-state index is 0.0570. The second-order valence-corrected chi connectivity index (χ2v) is 11.7. The molecule has 4 aromatic rings. The molecule has 4 rings (SSSR count). The van der Waals surface area contributed by atoms with E-state index in [1.54, 1.807) is 48.5 Å². The highest BCUT2D eigenvalue weighted by Gasteiger charge is 2.29. The summed E-state index contributed by atoms with van der Waals surface area (Å²) in [5.74, 6) is -0.714. The van der Waals surface area contributed by atoms with Crippen molar-refractivity contribution in [3.8, 4) is 34.3 Å². The molecule has 0 radical (unpaired) electrons. The van der Waals surface area contributed by atoms with Crippen LogP contribution in [0.15, 0.2) is 70.4 Å². The van der Waals surface area contributed by atoms with Crippen LogP contribution in [-0.2, 0) is 16.6 Å². The van der Waals surface area contributed by atoms with Crippen LogP contribution in [0.4, 0.5) is 0 Å². The highest BCUT2D eigenvalue weighted by Crippen LogP contribution is 2.38. The van der Waals surface area contributed by atoms with Crippen LogP contribution >= 0.6 is 11.6 Å². The van der Waals surface area contributed by atoms with Crippen LogP contribution in [0.2, 0.25) is 5.02 Å². The number of phenolic OH excluding ortho intramolecular Hbond substituents is 2. The Kier molecular flexibility index (Phi) is 8.84. The van der Waals surface area contributed by atoms with E-state index in [0.717, 1.165) is 21.0 Å². The summed E-state index contributed by atoms with van der Waals surface area (Å²) >= 11 is 6.28. The molecule has 40 heavy (non-hydrogen) atoms. The van der Waals surface area contributed by atoms with E-state index >= 15 is 0 Å². The average Bonchev–Trinajstić information content (AvgIpc) is 3.28. The molecule has 0 spiro atoms. The Bertz CT molecular complexity index is 1670. The normalized spacial score (nSPS) is 11.8. The first-order valence-electron chi connectivity index (χ1n) is 12.4.